The molecule has 162 valence electrons. The van der Waals surface area contributed by atoms with Crippen LogP contribution in [0.4, 0.5) is 5.69 Å². The molecule has 0 bridgehead atoms. The first kappa shape index (κ1) is 23.4. The average molecular weight is 511 g/mol. The maximum absolute atomic E-state index is 12.7. The fourth-order valence-electron chi connectivity index (χ4n) is 3.31. The molecule has 2 N–H and O–H groups in total. The first-order valence-electron chi connectivity index (χ1n) is 9.73. The summed E-state index contributed by atoms with van der Waals surface area (Å²) >= 11 is 4.39. The molecule has 32 heavy (non-hydrogen) atoms. The van der Waals surface area contributed by atoms with Crippen LogP contribution in [0.2, 0.25) is 0 Å². The summed E-state index contributed by atoms with van der Waals surface area (Å²) < 4.78 is 6.56. The fourth-order valence-corrected chi connectivity index (χ4v) is 4.42. The Labute approximate surface area is 198 Å². The third-order valence-corrected chi connectivity index (χ3v) is 6.24. The number of halogens is 1. The first-order valence-corrected chi connectivity index (χ1v) is 11.5. The lowest BCUT2D eigenvalue weighted by Crippen LogP contribution is -2.39. The second kappa shape index (κ2) is 10.9. The van der Waals surface area contributed by atoms with E-state index in [4.69, 9.17) is 4.74 Å². The van der Waals surface area contributed by atoms with E-state index in [9.17, 15) is 20.1 Å². The lowest BCUT2D eigenvalue weighted by Gasteiger charge is -2.29. The third-order valence-electron chi connectivity index (χ3n) is 4.70. The van der Waals surface area contributed by atoms with E-state index in [0.717, 1.165) is 16.2 Å². The zero-order valence-corrected chi connectivity index (χ0v) is 19.5. The molecule has 1 aliphatic rings. The number of nitrogens with zero attached hydrogens (tertiary/aromatic N) is 2. The van der Waals surface area contributed by atoms with Crippen LogP contribution in [0.25, 0.3) is 0 Å². The number of nitriles is 2. The minimum atomic E-state index is -1.09. The number of ether oxygens (including phenoxy) is 1. The second-order valence-corrected chi connectivity index (χ2v) is 8.64. The number of para-hydroxylation sites is 1. The van der Waals surface area contributed by atoms with Crippen molar-refractivity contribution >= 4 is 45.2 Å². The SMILES string of the molecule is CCOc1ccccc1[C@H]1C(C#N)=C(SCC(=O)Nc2ccc(Br)cc2)NC(=O)[C@H]1C#N. The highest BCUT2D eigenvalue weighted by atomic mass is 79.9. The molecule has 9 heteroatoms. The van der Waals surface area contributed by atoms with Crippen LogP contribution in [0.1, 0.15) is 18.4 Å². The molecule has 0 aliphatic carbocycles. The van der Waals surface area contributed by atoms with Crippen molar-refractivity contribution in [3.05, 3.63) is 69.2 Å². The summed E-state index contributed by atoms with van der Waals surface area (Å²) in [5.41, 5.74) is 1.45. The number of amides is 2. The van der Waals surface area contributed by atoms with E-state index in [-0.39, 0.29) is 22.3 Å². The highest BCUT2D eigenvalue weighted by Crippen LogP contribution is 2.42. The highest BCUT2D eigenvalue weighted by molar-refractivity contribution is 9.10. The van der Waals surface area contributed by atoms with E-state index < -0.39 is 17.7 Å². The topological polar surface area (TPSA) is 115 Å². The molecular formula is C23H19BrN4O3S. The lowest BCUT2D eigenvalue weighted by molar-refractivity contribution is -0.123. The Hall–Kier alpha value is -3.27. The van der Waals surface area contributed by atoms with Crippen molar-refractivity contribution in [3.8, 4) is 17.9 Å². The van der Waals surface area contributed by atoms with Crippen molar-refractivity contribution in [2.45, 2.75) is 12.8 Å². The molecule has 2 aromatic carbocycles. The molecule has 1 aliphatic heterocycles. The number of carbonyl (C=O) groups excluding carboxylic acids is 2. The van der Waals surface area contributed by atoms with Gasteiger partial charge in [0, 0.05) is 15.7 Å². The maximum Gasteiger partial charge on any atom is 0.243 e. The van der Waals surface area contributed by atoms with Crippen molar-refractivity contribution in [2.24, 2.45) is 5.92 Å². The molecule has 0 saturated carbocycles. The lowest BCUT2D eigenvalue weighted by atomic mass is 9.79. The smallest absolute Gasteiger partial charge is 0.243 e. The van der Waals surface area contributed by atoms with Gasteiger partial charge in [0.05, 0.1) is 41.0 Å². The van der Waals surface area contributed by atoms with E-state index >= 15 is 0 Å². The zero-order chi connectivity index (χ0) is 23.1. The van der Waals surface area contributed by atoms with Gasteiger partial charge in [-0.2, -0.15) is 10.5 Å². The first-order chi connectivity index (χ1) is 15.5. The van der Waals surface area contributed by atoms with Crippen LogP contribution in [0, 0.1) is 28.6 Å². The Morgan fingerprint density at radius 2 is 1.94 bits per heavy atom. The van der Waals surface area contributed by atoms with Crippen molar-refractivity contribution in [1.29, 1.82) is 10.5 Å². The number of benzene rings is 2. The van der Waals surface area contributed by atoms with Gasteiger partial charge in [0.25, 0.3) is 0 Å². The molecule has 0 unspecified atom stereocenters. The van der Waals surface area contributed by atoms with Crippen LogP contribution < -0.4 is 15.4 Å². The van der Waals surface area contributed by atoms with E-state index in [1.54, 1.807) is 36.4 Å². The maximum atomic E-state index is 12.7. The van der Waals surface area contributed by atoms with Crippen LogP contribution in [0.3, 0.4) is 0 Å². The number of anilines is 1. The van der Waals surface area contributed by atoms with E-state index in [2.05, 4.69) is 32.6 Å². The van der Waals surface area contributed by atoms with Gasteiger partial charge < -0.3 is 15.4 Å². The Balaban J connectivity index is 1.88. The molecular weight excluding hydrogens is 492 g/mol. The summed E-state index contributed by atoms with van der Waals surface area (Å²) in [4.78, 5) is 25.1. The van der Waals surface area contributed by atoms with Crippen molar-refractivity contribution in [1.82, 2.24) is 5.32 Å². The highest BCUT2D eigenvalue weighted by Gasteiger charge is 2.40. The van der Waals surface area contributed by atoms with Gasteiger partial charge >= 0.3 is 0 Å². The van der Waals surface area contributed by atoms with Crippen molar-refractivity contribution < 1.29 is 14.3 Å². The number of nitrogens with one attached hydrogen (secondary N) is 2. The van der Waals surface area contributed by atoms with Gasteiger partial charge in [-0.25, -0.2) is 0 Å². The molecule has 0 radical (unpaired) electrons. The minimum Gasteiger partial charge on any atom is -0.494 e. The number of hydrogen-bond acceptors (Lipinski definition) is 6. The summed E-state index contributed by atoms with van der Waals surface area (Å²) in [6.45, 7) is 2.23. The van der Waals surface area contributed by atoms with Crippen LogP contribution in [-0.4, -0.2) is 24.2 Å². The van der Waals surface area contributed by atoms with Crippen LogP contribution in [0.5, 0.6) is 5.75 Å². The predicted octanol–water partition coefficient (Wildman–Crippen LogP) is 4.31. The average Bonchev–Trinajstić information content (AvgIpc) is 2.79. The molecule has 2 amide bonds. The standard InChI is InChI=1S/C23H19BrN4O3S/c1-2-31-19-6-4-3-5-16(19)21-17(11-25)22(30)28-23(18(21)12-26)32-13-20(29)27-15-9-7-14(24)8-10-15/h3-10,17,21H,2,13H2,1H3,(H,27,29)(H,28,30)/t17-,21+/m0/s1. The number of allylic oxidation sites excluding steroid dienone is 1. The summed E-state index contributed by atoms with van der Waals surface area (Å²) in [5.74, 6) is -2.19. The molecule has 0 aromatic heterocycles. The summed E-state index contributed by atoms with van der Waals surface area (Å²) in [7, 11) is 0. The quantitative estimate of drug-likeness (QED) is 0.573. The Morgan fingerprint density at radius 1 is 1.22 bits per heavy atom. The van der Waals surface area contributed by atoms with E-state index in [0.29, 0.717) is 23.6 Å². The predicted molar refractivity (Wildman–Crippen MR) is 125 cm³/mol. The van der Waals surface area contributed by atoms with Crippen LogP contribution in [-0.2, 0) is 9.59 Å². The normalized spacial score (nSPS) is 17.7. The summed E-state index contributed by atoms with van der Waals surface area (Å²) in [6, 6.07) is 18.3. The van der Waals surface area contributed by atoms with Gasteiger partial charge in [-0.1, -0.05) is 45.9 Å². The number of thioether (sulfide) groups is 1. The zero-order valence-electron chi connectivity index (χ0n) is 17.1. The molecule has 1 heterocycles. The largest absolute Gasteiger partial charge is 0.494 e. The Morgan fingerprint density at radius 3 is 2.59 bits per heavy atom. The number of carbonyl (C=O) groups is 2. The van der Waals surface area contributed by atoms with Gasteiger partial charge in [-0.05, 0) is 37.3 Å². The molecule has 0 fully saturated rings. The van der Waals surface area contributed by atoms with Gasteiger partial charge in [-0.3, -0.25) is 9.59 Å². The number of hydrogen-bond donors (Lipinski definition) is 2. The fraction of sp³-hybridized carbons (Fsp3) is 0.217. The third kappa shape index (κ3) is 5.31. The second-order valence-electron chi connectivity index (χ2n) is 6.74. The van der Waals surface area contributed by atoms with Gasteiger partial charge in [-0.15, -0.1) is 0 Å². The molecule has 0 saturated heterocycles. The van der Waals surface area contributed by atoms with E-state index in [1.165, 1.54) is 0 Å². The molecule has 3 rings (SSSR count). The molecule has 0 spiro atoms. The minimum absolute atomic E-state index is 0.0199. The molecule has 2 atom stereocenters. The van der Waals surface area contributed by atoms with Crippen molar-refractivity contribution in [3.63, 3.8) is 0 Å². The number of rotatable bonds is 7. The Kier molecular flexibility index (Phi) is 7.93. The van der Waals surface area contributed by atoms with Gasteiger partial charge in [0.1, 0.15) is 11.7 Å². The van der Waals surface area contributed by atoms with E-state index in [1.807, 2.05) is 25.1 Å². The Bertz CT molecular complexity index is 1140. The van der Waals surface area contributed by atoms with Crippen LogP contribution >= 0.6 is 27.7 Å². The van der Waals surface area contributed by atoms with Crippen LogP contribution in [0.15, 0.2) is 63.6 Å². The molecule has 2 aromatic rings. The summed E-state index contributed by atoms with van der Waals surface area (Å²) in [5, 5.41) is 25.2. The van der Waals surface area contributed by atoms with Gasteiger partial charge in [0.2, 0.25) is 11.8 Å². The van der Waals surface area contributed by atoms with Crippen molar-refractivity contribution in [2.75, 3.05) is 17.7 Å². The summed E-state index contributed by atoms with van der Waals surface area (Å²) in [6.07, 6.45) is 0. The monoisotopic (exact) mass is 510 g/mol. The molecule has 7 nitrogen and oxygen atoms in total. The van der Waals surface area contributed by atoms with Gasteiger partial charge in [0.15, 0.2) is 0 Å².